The molecule has 1 aliphatic carbocycles. The van der Waals surface area contributed by atoms with E-state index >= 15 is 0 Å². The molecule has 0 radical (unpaired) electrons. The summed E-state index contributed by atoms with van der Waals surface area (Å²) in [5, 5.41) is 0. The van der Waals surface area contributed by atoms with E-state index in [0.29, 0.717) is 0 Å². The third-order valence-corrected chi connectivity index (χ3v) is 1.77. The van der Waals surface area contributed by atoms with E-state index in [9.17, 15) is 13.3 Å². The van der Waals surface area contributed by atoms with E-state index in [0.717, 1.165) is 0 Å². The number of alkyl halides is 2. The summed E-state index contributed by atoms with van der Waals surface area (Å²) in [7, 11) is 0. The van der Waals surface area contributed by atoms with E-state index in [1.165, 1.54) is 0 Å². The Morgan fingerprint density at radius 2 is 1.80 bits per heavy atom. The summed E-state index contributed by atoms with van der Waals surface area (Å²) in [5.41, 5.74) is 0. The lowest BCUT2D eigenvalue weighted by Crippen LogP contribution is -2.30. The van der Waals surface area contributed by atoms with Crippen LogP contribution in [0.25, 0.3) is 0 Å². The molecule has 10 heavy (non-hydrogen) atoms. The van der Waals surface area contributed by atoms with Gasteiger partial charge in [0, 0.05) is 6.42 Å². The van der Waals surface area contributed by atoms with Crippen molar-refractivity contribution in [3.05, 3.63) is 0 Å². The van der Waals surface area contributed by atoms with Crippen molar-refractivity contribution in [3.8, 4) is 0 Å². The van der Waals surface area contributed by atoms with Crippen molar-refractivity contribution in [2.45, 2.75) is 37.7 Å². The highest BCUT2D eigenvalue weighted by atomic mass is 19.3. The quantitative estimate of drug-likeness (QED) is 0.562. The molecule has 3 atom stereocenters. The molecule has 0 amide bonds. The van der Waals surface area contributed by atoms with Crippen molar-refractivity contribution < 1.29 is 18.2 Å². The van der Waals surface area contributed by atoms with E-state index in [1.54, 1.807) is 0 Å². The Morgan fingerprint density at radius 3 is 2.30 bits per heavy atom. The Morgan fingerprint density at radius 1 is 1.10 bits per heavy atom. The molecule has 0 spiro atoms. The fraction of sp³-hybridized carbons (Fsp3) is 1.00. The summed E-state index contributed by atoms with van der Waals surface area (Å²) in [6, 6.07) is 0. The molecule has 1 aliphatic rings. The topological polar surface area (TPSA) is 9.23 Å². The van der Waals surface area contributed by atoms with Crippen LogP contribution in [0.5, 0.6) is 0 Å². The third-order valence-electron chi connectivity index (χ3n) is 1.77. The Hall–Kier alpha value is -0.250. The van der Waals surface area contributed by atoms with Gasteiger partial charge >= 0.3 is 0 Å². The molecule has 1 rings (SSSR count). The van der Waals surface area contributed by atoms with Crippen molar-refractivity contribution in [2.75, 3.05) is 0 Å². The normalized spacial score (nSPS) is 41.7. The molecule has 0 heterocycles. The van der Waals surface area contributed by atoms with Crippen LogP contribution in [-0.4, -0.2) is 18.4 Å². The zero-order valence-corrected chi connectivity index (χ0v) is 5.40. The van der Waals surface area contributed by atoms with Crippen LogP contribution in [0.1, 0.15) is 19.3 Å². The van der Waals surface area contributed by atoms with Crippen molar-refractivity contribution in [2.24, 2.45) is 0 Å². The molecule has 1 fully saturated rings. The lowest BCUT2D eigenvalue weighted by atomic mass is 9.95. The van der Waals surface area contributed by atoms with Gasteiger partial charge in [0.15, 0.2) is 0 Å². The highest BCUT2D eigenvalue weighted by Crippen LogP contribution is 2.26. The van der Waals surface area contributed by atoms with Crippen molar-refractivity contribution >= 4 is 0 Å². The highest BCUT2D eigenvalue weighted by molar-refractivity contribution is 4.79. The average molecular weight is 154 g/mol. The zero-order chi connectivity index (χ0) is 7.56. The fourth-order valence-electron chi connectivity index (χ4n) is 1.12. The van der Waals surface area contributed by atoms with Gasteiger partial charge in [-0.3, -0.25) is 0 Å². The Kier molecular flexibility index (Phi) is 2.54. The monoisotopic (exact) mass is 154 g/mol. The molecule has 1 saturated carbocycles. The van der Waals surface area contributed by atoms with E-state index in [1.807, 2.05) is 0 Å². The minimum atomic E-state index is -1.55. The molecule has 1 nitrogen and oxygen atoms in total. The fourth-order valence-corrected chi connectivity index (χ4v) is 1.12. The predicted molar refractivity (Wildman–Crippen MR) is 29.6 cm³/mol. The summed E-state index contributed by atoms with van der Waals surface area (Å²) >= 11 is 0. The molecule has 0 bridgehead atoms. The minimum Gasteiger partial charge on any atom is -0.244 e. The van der Waals surface area contributed by atoms with Crippen molar-refractivity contribution in [3.63, 3.8) is 0 Å². The van der Waals surface area contributed by atoms with Crippen molar-refractivity contribution in [1.29, 1.82) is 0 Å². The van der Waals surface area contributed by atoms with E-state index in [2.05, 4.69) is 4.94 Å². The maximum atomic E-state index is 12.4. The van der Waals surface area contributed by atoms with Gasteiger partial charge in [-0.1, -0.05) is 0 Å². The second kappa shape index (κ2) is 3.23. The van der Waals surface area contributed by atoms with E-state index < -0.39 is 18.4 Å². The van der Waals surface area contributed by atoms with Gasteiger partial charge in [-0.15, -0.1) is 0 Å². The molecule has 3 unspecified atom stereocenters. The highest BCUT2D eigenvalue weighted by Gasteiger charge is 2.31. The van der Waals surface area contributed by atoms with Gasteiger partial charge in [-0.05, 0) is 17.4 Å². The molecular formula is C6H9F3O. The summed E-state index contributed by atoms with van der Waals surface area (Å²) in [5.74, 6) is 0. The number of hydrogen-bond donors (Lipinski definition) is 0. The lowest BCUT2D eigenvalue weighted by Gasteiger charge is -2.23. The first-order valence-electron chi connectivity index (χ1n) is 3.29. The molecule has 0 aliphatic heterocycles. The summed E-state index contributed by atoms with van der Waals surface area (Å²) in [6.07, 6.45) is -3.52. The standard InChI is InChI=1S/C6H9F3O/c7-5-2-1-4(10-9)3-6(5)8/h4-6H,1-3H2. The van der Waals surface area contributed by atoms with Gasteiger partial charge in [0.2, 0.25) is 0 Å². The molecule has 0 saturated heterocycles. The van der Waals surface area contributed by atoms with Crippen LogP contribution in [0.2, 0.25) is 0 Å². The molecule has 0 aromatic rings. The van der Waals surface area contributed by atoms with Crippen LogP contribution in [0.4, 0.5) is 13.3 Å². The minimum absolute atomic E-state index is 0.0652. The molecule has 4 heteroatoms. The molecule has 0 N–H and O–H groups in total. The first-order chi connectivity index (χ1) is 4.74. The molecule has 0 aromatic heterocycles. The number of hydrogen-bond acceptors (Lipinski definition) is 1. The predicted octanol–water partition coefficient (Wildman–Crippen LogP) is 2.12. The third kappa shape index (κ3) is 1.62. The van der Waals surface area contributed by atoms with E-state index in [-0.39, 0.29) is 19.3 Å². The summed E-state index contributed by atoms with van der Waals surface area (Å²) in [6.45, 7) is 0. The Labute approximate surface area is 57.1 Å². The van der Waals surface area contributed by atoms with Crippen LogP contribution in [-0.2, 0) is 4.94 Å². The average Bonchev–Trinajstić information content (AvgIpc) is 1.95. The molecule has 60 valence electrons. The zero-order valence-electron chi connectivity index (χ0n) is 5.40. The van der Waals surface area contributed by atoms with Gasteiger partial charge in [0.25, 0.3) is 0 Å². The smallest absolute Gasteiger partial charge is 0.134 e. The second-order valence-corrected chi connectivity index (χ2v) is 2.56. The molecular weight excluding hydrogens is 145 g/mol. The largest absolute Gasteiger partial charge is 0.244 e. The van der Waals surface area contributed by atoms with Crippen LogP contribution < -0.4 is 0 Å². The number of rotatable bonds is 1. The van der Waals surface area contributed by atoms with Crippen LogP contribution in [0, 0.1) is 0 Å². The Bertz CT molecular complexity index is 109. The SMILES string of the molecule is FOC1CCC(F)C(F)C1. The summed E-state index contributed by atoms with van der Waals surface area (Å²) < 4.78 is 36.1. The van der Waals surface area contributed by atoms with Crippen molar-refractivity contribution in [1.82, 2.24) is 0 Å². The van der Waals surface area contributed by atoms with Gasteiger partial charge in [-0.25, -0.2) is 8.78 Å². The second-order valence-electron chi connectivity index (χ2n) is 2.56. The van der Waals surface area contributed by atoms with Crippen LogP contribution in [0.3, 0.4) is 0 Å². The summed E-state index contributed by atoms with van der Waals surface area (Å²) in [4.78, 5) is 3.40. The maximum Gasteiger partial charge on any atom is 0.134 e. The first-order valence-corrected chi connectivity index (χ1v) is 3.29. The van der Waals surface area contributed by atoms with Gasteiger partial charge in [0.05, 0.1) is 0 Å². The molecule has 0 aromatic carbocycles. The lowest BCUT2D eigenvalue weighted by molar-refractivity contribution is -0.196. The van der Waals surface area contributed by atoms with Crippen LogP contribution >= 0.6 is 0 Å². The van der Waals surface area contributed by atoms with Gasteiger partial charge in [0.1, 0.15) is 18.4 Å². The van der Waals surface area contributed by atoms with Crippen LogP contribution in [0.15, 0.2) is 0 Å². The first kappa shape index (κ1) is 7.85. The van der Waals surface area contributed by atoms with E-state index in [4.69, 9.17) is 0 Å². The Balaban J connectivity index is 2.33. The van der Waals surface area contributed by atoms with Gasteiger partial charge < -0.3 is 0 Å². The number of halogens is 3. The van der Waals surface area contributed by atoms with Gasteiger partial charge in [-0.2, -0.15) is 4.94 Å². The maximum absolute atomic E-state index is 12.4.